The smallest absolute Gasteiger partial charge is 0.328 e. The summed E-state index contributed by atoms with van der Waals surface area (Å²) in [4.78, 5) is 14.5. The van der Waals surface area contributed by atoms with Crippen LogP contribution in [0.1, 0.15) is 57.4 Å². The summed E-state index contributed by atoms with van der Waals surface area (Å²) < 4.78 is 5.57. The van der Waals surface area contributed by atoms with Gasteiger partial charge in [0, 0.05) is 6.54 Å². The van der Waals surface area contributed by atoms with Crippen molar-refractivity contribution < 1.29 is 9.53 Å². The van der Waals surface area contributed by atoms with Crippen LogP contribution in [0.2, 0.25) is 0 Å². The van der Waals surface area contributed by atoms with Crippen molar-refractivity contribution in [1.82, 2.24) is 4.90 Å². The predicted molar refractivity (Wildman–Crippen MR) is 117 cm³/mol. The largest absolute Gasteiger partial charge is 0.425 e. The zero-order chi connectivity index (χ0) is 18.4. The summed E-state index contributed by atoms with van der Waals surface area (Å²) in [6.45, 7) is 5.12. The van der Waals surface area contributed by atoms with E-state index in [1.54, 1.807) is 0 Å². The van der Waals surface area contributed by atoms with E-state index in [0.717, 1.165) is 13.0 Å². The molecule has 4 nitrogen and oxygen atoms in total. The van der Waals surface area contributed by atoms with Crippen molar-refractivity contribution >= 4 is 30.8 Å². The van der Waals surface area contributed by atoms with Crippen molar-refractivity contribution in [3.05, 3.63) is 29.8 Å². The number of ether oxygens (including phenoxy) is 1. The minimum Gasteiger partial charge on any atom is -0.425 e. The molecule has 0 aliphatic heterocycles. The summed E-state index contributed by atoms with van der Waals surface area (Å²) >= 11 is 0. The zero-order valence-corrected chi connectivity index (χ0v) is 18.7. The Labute approximate surface area is 177 Å². The number of benzene rings is 1. The Kier molecular flexibility index (Phi) is 12.2. The van der Waals surface area contributed by atoms with Crippen molar-refractivity contribution in [1.29, 1.82) is 0 Å². The maximum Gasteiger partial charge on any atom is 0.328 e. The van der Waals surface area contributed by atoms with Crippen molar-refractivity contribution in [2.75, 3.05) is 20.6 Å². The lowest BCUT2D eigenvalue weighted by Crippen LogP contribution is -2.39. The number of hydrogen-bond acceptors (Lipinski definition) is 4. The highest BCUT2D eigenvalue weighted by molar-refractivity contribution is 5.85. The molecule has 27 heavy (non-hydrogen) atoms. The van der Waals surface area contributed by atoms with Crippen molar-refractivity contribution in [2.45, 2.75) is 57.9 Å². The van der Waals surface area contributed by atoms with E-state index < -0.39 is 6.04 Å². The molecule has 156 valence electrons. The van der Waals surface area contributed by atoms with Gasteiger partial charge in [0.25, 0.3) is 0 Å². The molecule has 1 saturated carbocycles. The first-order valence-electron chi connectivity index (χ1n) is 9.64. The Morgan fingerprint density at radius 2 is 1.93 bits per heavy atom. The van der Waals surface area contributed by atoms with Gasteiger partial charge in [-0.1, -0.05) is 45.2 Å². The molecule has 0 saturated heterocycles. The first kappa shape index (κ1) is 26.2. The zero-order valence-electron chi connectivity index (χ0n) is 17.0. The number of rotatable bonds is 7. The van der Waals surface area contributed by atoms with E-state index >= 15 is 0 Å². The summed E-state index contributed by atoms with van der Waals surface area (Å²) in [6, 6.07) is 7.50. The maximum absolute atomic E-state index is 12.3. The molecule has 0 aromatic heterocycles. The number of nitrogens with two attached hydrogens (primary N) is 1. The third-order valence-electron chi connectivity index (χ3n) is 5.54. The van der Waals surface area contributed by atoms with Crippen LogP contribution in [0, 0.1) is 11.8 Å². The van der Waals surface area contributed by atoms with Gasteiger partial charge in [-0.05, 0) is 62.4 Å². The normalized spacial score (nSPS) is 21.6. The molecule has 0 heterocycles. The monoisotopic (exact) mass is 418 g/mol. The van der Waals surface area contributed by atoms with Crippen molar-refractivity contribution in [3.8, 4) is 5.75 Å². The average molecular weight is 419 g/mol. The molecule has 1 aromatic rings. The Bertz CT molecular complexity index is 569. The Morgan fingerprint density at radius 3 is 2.56 bits per heavy atom. The summed E-state index contributed by atoms with van der Waals surface area (Å²) in [7, 11) is 4.28. The third kappa shape index (κ3) is 7.61. The molecule has 0 spiro atoms. The van der Waals surface area contributed by atoms with Crippen LogP contribution in [0.3, 0.4) is 0 Å². The highest BCUT2D eigenvalue weighted by atomic mass is 35.5. The van der Waals surface area contributed by atoms with Gasteiger partial charge in [0.05, 0.1) is 0 Å². The van der Waals surface area contributed by atoms with Crippen LogP contribution in [0.15, 0.2) is 24.3 Å². The molecule has 6 heteroatoms. The van der Waals surface area contributed by atoms with E-state index in [-0.39, 0.29) is 36.7 Å². The molecule has 1 aromatic carbocycles. The lowest BCUT2D eigenvalue weighted by atomic mass is 9.75. The van der Waals surface area contributed by atoms with Crippen LogP contribution in [0.5, 0.6) is 5.75 Å². The van der Waals surface area contributed by atoms with Crippen molar-refractivity contribution in [3.63, 3.8) is 0 Å². The molecule has 0 amide bonds. The van der Waals surface area contributed by atoms with Gasteiger partial charge in [0.2, 0.25) is 0 Å². The van der Waals surface area contributed by atoms with Crippen molar-refractivity contribution in [2.24, 2.45) is 17.6 Å². The van der Waals surface area contributed by atoms with Gasteiger partial charge in [0.15, 0.2) is 0 Å². The van der Waals surface area contributed by atoms with Crippen LogP contribution >= 0.6 is 24.8 Å². The second-order valence-corrected chi connectivity index (χ2v) is 7.82. The number of carbonyl (C=O) groups excluding carboxylic acids is 1. The van der Waals surface area contributed by atoms with Gasteiger partial charge < -0.3 is 15.4 Å². The van der Waals surface area contributed by atoms with Crippen LogP contribution < -0.4 is 10.5 Å². The Balaban J connectivity index is 0.00000338. The van der Waals surface area contributed by atoms with Gasteiger partial charge in [-0.15, -0.1) is 24.8 Å². The quantitative estimate of drug-likeness (QED) is 0.517. The Hall–Kier alpha value is -0.810. The lowest BCUT2D eigenvalue weighted by Gasteiger charge is -2.34. The van der Waals surface area contributed by atoms with Gasteiger partial charge in [-0.3, -0.25) is 0 Å². The second-order valence-electron chi connectivity index (χ2n) is 7.82. The van der Waals surface area contributed by atoms with E-state index in [4.69, 9.17) is 10.5 Å². The summed E-state index contributed by atoms with van der Waals surface area (Å²) in [5.41, 5.74) is 7.28. The highest BCUT2D eigenvalue weighted by Gasteiger charge is 2.27. The fraction of sp³-hybridized carbons (Fsp3) is 0.667. The number of hydrogen-bond donors (Lipinski definition) is 1. The predicted octanol–water partition coefficient (Wildman–Crippen LogP) is 4.64. The molecule has 1 fully saturated rings. The first-order valence-corrected chi connectivity index (χ1v) is 9.64. The summed E-state index contributed by atoms with van der Waals surface area (Å²) in [5.74, 6) is 1.61. The molecule has 1 aliphatic carbocycles. The molecule has 0 radical (unpaired) electrons. The van der Waals surface area contributed by atoms with E-state index in [1.807, 2.05) is 32.0 Å². The molecule has 2 N–H and O–H groups in total. The molecular weight excluding hydrogens is 383 g/mol. The molecule has 1 unspecified atom stereocenters. The molecule has 2 rings (SSSR count). The van der Waals surface area contributed by atoms with Crippen LogP contribution in [-0.4, -0.2) is 37.6 Å². The maximum atomic E-state index is 12.3. The molecule has 1 aliphatic rings. The minimum atomic E-state index is -0.565. The number of carbonyl (C=O) groups is 1. The summed E-state index contributed by atoms with van der Waals surface area (Å²) in [6.07, 6.45) is 5.93. The standard InChI is InChI=1S/C21H34N2O2.2ClH/c1-5-15(2)20(22)21(24)25-18-11-8-10-16(13-18)19-12-7-6-9-17(19)14-23(3)4;;/h8,10-11,13,15,17,19-20H,5-7,9,12,14,22H2,1-4H3;2*1H/t15-,17?,19-,20-;;/m0../s1. The van der Waals surface area contributed by atoms with Gasteiger partial charge in [-0.2, -0.15) is 0 Å². The lowest BCUT2D eigenvalue weighted by molar-refractivity contribution is -0.137. The molecule has 0 bridgehead atoms. The highest BCUT2D eigenvalue weighted by Crippen LogP contribution is 2.39. The molecular formula is C21H36Cl2N2O2. The number of esters is 1. The van der Waals surface area contributed by atoms with E-state index in [9.17, 15) is 4.79 Å². The number of nitrogens with zero attached hydrogens (tertiary/aromatic N) is 1. The van der Waals surface area contributed by atoms with Gasteiger partial charge in [-0.25, -0.2) is 4.79 Å². The molecule has 4 atom stereocenters. The van der Waals surface area contributed by atoms with Crippen LogP contribution in [-0.2, 0) is 4.79 Å². The first-order chi connectivity index (χ1) is 11.9. The van der Waals surface area contributed by atoms with E-state index in [1.165, 1.54) is 31.2 Å². The second kappa shape index (κ2) is 12.6. The fourth-order valence-electron chi connectivity index (χ4n) is 3.81. The minimum absolute atomic E-state index is 0. The SMILES string of the molecule is CC[C@H](C)[C@H](N)C(=O)Oc1cccc([C@@H]2CCCCC2CN(C)C)c1.Cl.Cl. The van der Waals surface area contributed by atoms with Crippen LogP contribution in [0.25, 0.3) is 0 Å². The average Bonchev–Trinajstić information content (AvgIpc) is 2.60. The Morgan fingerprint density at radius 1 is 1.26 bits per heavy atom. The summed E-state index contributed by atoms with van der Waals surface area (Å²) in [5, 5.41) is 0. The fourth-order valence-corrected chi connectivity index (χ4v) is 3.81. The third-order valence-corrected chi connectivity index (χ3v) is 5.54. The topological polar surface area (TPSA) is 55.6 Å². The van der Waals surface area contributed by atoms with Crippen LogP contribution in [0.4, 0.5) is 0 Å². The van der Waals surface area contributed by atoms with E-state index in [2.05, 4.69) is 25.1 Å². The van der Waals surface area contributed by atoms with Gasteiger partial charge in [0.1, 0.15) is 11.8 Å². The van der Waals surface area contributed by atoms with Gasteiger partial charge >= 0.3 is 5.97 Å². The van der Waals surface area contributed by atoms with E-state index in [0.29, 0.717) is 17.6 Å². The number of halogens is 2.